The van der Waals surface area contributed by atoms with Crippen molar-refractivity contribution in [3.05, 3.63) is 11.9 Å². The first-order chi connectivity index (χ1) is 3.93. The van der Waals surface area contributed by atoms with Gasteiger partial charge in [-0.1, -0.05) is 0 Å². The number of hydrogen-bond acceptors (Lipinski definition) is 3. The summed E-state index contributed by atoms with van der Waals surface area (Å²) in [5.74, 6) is 0. The van der Waals surface area contributed by atoms with Gasteiger partial charge < -0.3 is 16.0 Å². The van der Waals surface area contributed by atoms with Crippen LogP contribution in [-0.2, 0) is 0 Å². The molecule has 8 heavy (non-hydrogen) atoms. The van der Waals surface area contributed by atoms with Gasteiger partial charge in [-0.3, -0.25) is 0 Å². The van der Waals surface area contributed by atoms with Gasteiger partial charge in [0.05, 0.1) is 6.67 Å². The van der Waals surface area contributed by atoms with E-state index >= 15 is 0 Å². The van der Waals surface area contributed by atoms with Gasteiger partial charge in [-0.2, -0.15) is 0 Å². The standard InChI is InChI=1S/C5H11N3/c1-6-2-5-3-7-4-8-5/h3,6-8H,2,4H2,1H3. The summed E-state index contributed by atoms with van der Waals surface area (Å²) >= 11 is 0. The van der Waals surface area contributed by atoms with Crippen LogP contribution in [-0.4, -0.2) is 20.3 Å². The topological polar surface area (TPSA) is 36.1 Å². The van der Waals surface area contributed by atoms with Gasteiger partial charge in [0.15, 0.2) is 0 Å². The van der Waals surface area contributed by atoms with E-state index in [1.165, 1.54) is 5.70 Å². The quantitative estimate of drug-likeness (QED) is 0.438. The second-order valence-electron chi connectivity index (χ2n) is 1.76. The monoisotopic (exact) mass is 113 g/mol. The minimum absolute atomic E-state index is 0.872. The zero-order chi connectivity index (χ0) is 5.82. The van der Waals surface area contributed by atoms with E-state index in [2.05, 4.69) is 16.0 Å². The van der Waals surface area contributed by atoms with Crippen LogP contribution in [0.2, 0.25) is 0 Å². The van der Waals surface area contributed by atoms with E-state index in [4.69, 9.17) is 0 Å². The molecule has 0 unspecified atom stereocenters. The van der Waals surface area contributed by atoms with Crippen molar-refractivity contribution in [1.29, 1.82) is 0 Å². The Labute approximate surface area is 49.2 Å². The molecule has 1 aliphatic heterocycles. The van der Waals surface area contributed by atoms with Gasteiger partial charge in [0, 0.05) is 18.4 Å². The van der Waals surface area contributed by atoms with Gasteiger partial charge in [-0.05, 0) is 7.05 Å². The number of nitrogens with one attached hydrogen (secondary N) is 3. The van der Waals surface area contributed by atoms with Crippen molar-refractivity contribution in [2.24, 2.45) is 0 Å². The molecule has 0 fully saturated rings. The van der Waals surface area contributed by atoms with Crippen LogP contribution in [0, 0.1) is 0 Å². The number of rotatable bonds is 2. The molecule has 1 rings (SSSR count). The third kappa shape index (κ3) is 1.13. The highest BCUT2D eigenvalue weighted by molar-refractivity contribution is 5.04. The van der Waals surface area contributed by atoms with E-state index in [0.29, 0.717) is 0 Å². The summed E-state index contributed by atoms with van der Waals surface area (Å²) in [4.78, 5) is 0. The molecule has 1 heterocycles. The van der Waals surface area contributed by atoms with Gasteiger partial charge >= 0.3 is 0 Å². The predicted molar refractivity (Wildman–Crippen MR) is 33.1 cm³/mol. The van der Waals surface area contributed by atoms with Crippen molar-refractivity contribution >= 4 is 0 Å². The third-order valence-corrected chi connectivity index (χ3v) is 1.06. The minimum atomic E-state index is 0.872. The first-order valence-electron chi connectivity index (χ1n) is 2.74. The van der Waals surface area contributed by atoms with Crippen LogP contribution in [0.25, 0.3) is 0 Å². The molecule has 0 spiro atoms. The molecule has 3 N–H and O–H groups in total. The fraction of sp³-hybridized carbons (Fsp3) is 0.600. The lowest BCUT2D eigenvalue weighted by molar-refractivity contribution is 0.765. The summed E-state index contributed by atoms with van der Waals surface area (Å²) < 4.78 is 0. The highest BCUT2D eigenvalue weighted by Gasteiger charge is 1.97. The maximum atomic E-state index is 3.14. The van der Waals surface area contributed by atoms with Gasteiger partial charge in [0.1, 0.15) is 0 Å². The molecule has 0 aromatic heterocycles. The second kappa shape index (κ2) is 2.57. The maximum absolute atomic E-state index is 3.14. The van der Waals surface area contributed by atoms with E-state index in [0.717, 1.165) is 13.2 Å². The summed E-state index contributed by atoms with van der Waals surface area (Å²) in [5, 5.41) is 9.23. The first kappa shape index (κ1) is 5.44. The van der Waals surface area contributed by atoms with Crippen molar-refractivity contribution in [2.45, 2.75) is 0 Å². The Kier molecular flexibility index (Phi) is 1.75. The lowest BCUT2D eigenvalue weighted by Gasteiger charge is -1.98. The van der Waals surface area contributed by atoms with Gasteiger partial charge in [-0.25, -0.2) is 0 Å². The van der Waals surface area contributed by atoms with Gasteiger partial charge in [0.2, 0.25) is 0 Å². The molecule has 0 amide bonds. The smallest absolute Gasteiger partial charge is 0.0843 e. The van der Waals surface area contributed by atoms with Crippen LogP contribution in [0.15, 0.2) is 11.9 Å². The SMILES string of the molecule is CNCC1=CNCN1. The zero-order valence-electron chi connectivity index (χ0n) is 4.99. The molecule has 0 aliphatic carbocycles. The molecular weight excluding hydrogens is 102 g/mol. The van der Waals surface area contributed by atoms with Crippen LogP contribution in [0.3, 0.4) is 0 Å². The van der Waals surface area contributed by atoms with Crippen molar-refractivity contribution in [1.82, 2.24) is 16.0 Å². The predicted octanol–water partition coefficient (Wildman–Crippen LogP) is -0.802. The molecule has 46 valence electrons. The highest BCUT2D eigenvalue weighted by atomic mass is 15.1. The molecule has 3 heteroatoms. The van der Waals surface area contributed by atoms with Crippen molar-refractivity contribution in [3.63, 3.8) is 0 Å². The van der Waals surface area contributed by atoms with Crippen LogP contribution in [0.4, 0.5) is 0 Å². The number of likely N-dealkylation sites (N-methyl/N-ethyl adjacent to an activating group) is 1. The molecule has 0 radical (unpaired) electrons. The number of hydrogen-bond donors (Lipinski definition) is 3. The van der Waals surface area contributed by atoms with Crippen LogP contribution in [0.1, 0.15) is 0 Å². The highest BCUT2D eigenvalue weighted by Crippen LogP contribution is 1.86. The molecule has 0 atom stereocenters. The normalized spacial score (nSPS) is 16.9. The molecule has 0 aromatic carbocycles. The first-order valence-corrected chi connectivity index (χ1v) is 2.74. The van der Waals surface area contributed by atoms with Gasteiger partial charge in [0.25, 0.3) is 0 Å². The Balaban J connectivity index is 2.23. The fourth-order valence-corrected chi connectivity index (χ4v) is 0.694. The van der Waals surface area contributed by atoms with Gasteiger partial charge in [-0.15, -0.1) is 0 Å². The fourth-order valence-electron chi connectivity index (χ4n) is 0.694. The summed E-state index contributed by atoms with van der Waals surface area (Å²) in [6, 6.07) is 0. The van der Waals surface area contributed by atoms with Crippen LogP contribution in [0.5, 0.6) is 0 Å². The minimum Gasteiger partial charge on any atom is -0.372 e. The van der Waals surface area contributed by atoms with E-state index in [1.54, 1.807) is 0 Å². The summed E-state index contributed by atoms with van der Waals surface area (Å²) in [6.07, 6.45) is 1.98. The molecule has 0 saturated carbocycles. The lowest BCUT2D eigenvalue weighted by atomic mass is 10.5. The molecule has 0 saturated heterocycles. The summed E-state index contributed by atoms with van der Waals surface area (Å²) in [6.45, 7) is 1.80. The van der Waals surface area contributed by atoms with E-state index in [9.17, 15) is 0 Å². The largest absolute Gasteiger partial charge is 0.372 e. The average Bonchev–Trinajstić information content (AvgIpc) is 2.19. The van der Waals surface area contributed by atoms with E-state index in [-0.39, 0.29) is 0 Å². The Bertz CT molecular complexity index is 97.8. The Morgan fingerprint density at radius 2 is 2.75 bits per heavy atom. The second-order valence-corrected chi connectivity index (χ2v) is 1.76. The molecular formula is C5H11N3. The van der Waals surface area contributed by atoms with Crippen molar-refractivity contribution in [2.75, 3.05) is 20.3 Å². The van der Waals surface area contributed by atoms with Crippen molar-refractivity contribution < 1.29 is 0 Å². The molecule has 1 aliphatic rings. The molecule has 0 aromatic rings. The zero-order valence-corrected chi connectivity index (χ0v) is 4.99. The lowest BCUT2D eigenvalue weighted by Crippen LogP contribution is -2.20. The average molecular weight is 113 g/mol. The van der Waals surface area contributed by atoms with E-state index < -0.39 is 0 Å². The van der Waals surface area contributed by atoms with Crippen molar-refractivity contribution in [3.8, 4) is 0 Å². The van der Waals surface area contributed by atoms with Crippen LogP contribution >= 0.6 is 0 Å². The molecule has 3 nitrogen and oxygen atoms in total. The summed E-state index contributed by atoms with van der Waals surface area (Å²) in [7, 11) is 1.93. The summed E-state index contributed by atoms with van der Waals surface area (Å²) in [5.41, 5.74) is 1.23. The maximum Gasteiger partial charge on any atom is 0.0843 e. The van der Waals surface area contributed by atoms with Crippen LogP contribution < -0.4 is 16.0 Å². The Hall–Kier alpha value is -0.700. The Morgan fingerprint density at radius 1 is 1.88 bits per heavy atom. The Morgan fingerprint density at radius 3 is 3.25 bits per heavy atom. The molecule has 0 bridgehead atoms. The third-order valence-electron chi connectivity index (χ3n) is 1.06. The van der Waals surface area contributed by atoms with E-state index in [1.807, 2.05) is 13.2 Å².